The quantitative estimate of drug-likeness (QED) is 0.569. The summed E-state index contributed by atoms with van der Waals surface area (Å²) in [5.41, 5.74) is 6.35. The van der Waals surface area contributed by atoms with Crippen molar-refractivity contribution in [2.45, 2.75) is 19.6 Å². The van der Waals surface area contributed by atoms with E-state index in [1.54, 1.807) is 14.0 Å². The highest BCUT2D eigenvalue weighted by atomic mass is 16.5. The number of amidine groups is 1. The Morgan fingerprint density at radius 2 is 2.27 bits per heavy atom. The van der Waals surface area contributed by atoms with E-state index in [-0.39, 0.29) is 5.84 Å². The van der Waals surface area contributed by atoms with Crippen LogP contribution in [0.3, 0.4) is 0 Å². The van der Waals surface area contributed by atoms with Crippen molar-refractivity contribution >= 4 is 5.84 Å². The van der Waals surface area contributed by atoms with E-state index >= 15 is 0 Å². The molecular formula is C11H16N2O2. The number of hydrogen-bond acceptors (Lipinski definition) is 3. The fraction of sp³-hybridized carbons (Fsp3) is 0.364. The molecule has 0 aliphatic rings. The molecule has 0 amide bonds. The molecule has 0 fully saturated rings. The summed E-state index contributed by atoms with van der Waals surface area (Å²) in [5, 5.41) is 7.21. The molecule has 0 aromatic heterocycles. The van der Waals surface area contributed by atoms with Crippen molar-refractivity contribution in [1.29, 1.82) is 5.41 Å². The van der Waals surface area contributed by atoms with Crippen LogP contribution in [0.4, 0.5) is 0 Å². The van der Waals surface area contributed by atoms with Crippen molar-refractivity contribution in [2.75, 3.05) is 7.11 Å². The predicted octanol–water partition coefficient (Wildman–Crippen LogP) is 1.54. The van der Waals surface area contributed by atoms with E-state index in [0.717, 1.165) is 5.56 Å². The summed E-state index contributed by atoms with van der Waals surface area (Å²) < 4.78 is 10.5. The van der Waals surface area contributed by atoms with Crippen LogP contribution in [0.2, 0.25) is 0 Å². The third-order valence-corrected chi connectivity index (χ3v) is 1.96. The molecule has 3 N–H and O–H groups in total. The molecule has 4 nitrogen and oxygen atoms in total. The molecule has 1 unspecified atom stereocenters. The van der Waals surface area contributed by atoms with Gasteiger partial charge in [0.1, 0.15) is 11.6 Å². The lowest BCUT2D eigenvalue weighted by Crippen LogP contribution is -2.30. The third-order valence-electron chi connectivity index (χ3n) is 1.96. The van der Waals surface area contributed by atoms with Crippen LogP contribution < -0.4 is 10.5 Å². The zero-order chi connectivity index (χ0) is 11.3. The summed E-state index contributed by atoms with van der Waals surface area (Å²) >= 11 is 0. The van der Waals surface area contributed by atoms with Crippen LogP contribution >= 0.6 is 0 Å². The fourth-order valence-corrected chi connectivity index (χ4v) is 1.14. The van der Waals surface area contributed by atoms with Gasteiger partial charge in [-0.3, -0.25) is 5.41 Å². The number of nitrogens with one attached hydrogen (secondary N) is 1. The van der Waals surface area contributed by atoms with E-state index in [9.17, 15) is 0 Å². The molecule has 1 aromatic carbocycles. The molecule has 82 valence electrons. The largest absolute Gasteiger partial charge is 0.483 e. The zero-order valence-electron chi connectivity index (χ0n) is 8.99. The Kier molecular flexibility index (Phi) is 4.12. The molecule has 1 rings (SSSR count). The summed E-state index contributed by atoms with van der Waals surface area (Å²) in [4.78, 5) is 0. The zero-order valence-corrected chi connectivity index (χ0v) is 8.99. The Hall–Kier alpha value is -1.55. The molecule has 1 aromatic rings. The summed E-state index contributed by atoms with van der Waals surface area (Å²) in [6, 6.07) is 7.55. The van der Waals surface area contributed by atoms with Gasteiger partial charge < -0.3 is 15.2 Å². The number of ether oxygens (including phenoxy) is 2. The maximum absolute atomic E-state index is 7.21. The molecule has 0 heterocycles. The van der Waals surface area contributed by atoms with Crippen LogP contribution in [0.5, 0.6) is 5.75 Å². The van der Waals surface area contributed by atoms with Crippen LogP contribution in [-0.2, 0) is 11.3 Å². The number of benzene rings is 1. The first-order valence-corrected chi connectivity index (χ1v) is 4.72. The van der Waals surface area contributed by atoms with Crippen LogP contribution in [-0.4, -0.2) is 19.0 Å². The minimum absolute atomic E-state index is 0.0205. The Morgan fingerprint density at radius 1 is 1.53 bits per heavy atom. The molecular weight excluding hydrogens is 192 g/mol. The molecule has 0 radical (unpaired) electrons. The highest BCUT2D eigenvalue weighted by Crippen LogP contribution is 2.15. The second kappa shape index (κ2) is 5.36. The SMILES string of the molecule is COCc1cccc(OC(C)C(=N)N)c1. The summed E-state index contributed by atoms with van der Waals surface area (Å²) in [6.45, 7) is 2.29. The minimum Gasteiger partial charge on any atom is -0.483 e. The van der Waals surface area contributed by atoms with Gasteiger partial charge in [0.15, 0.2) is 6.10 Å². The van der Waals surface area contributed by atoms with Crippen molar-refractivity contribution in [2.24, 2.45) is 5.73 Å². The van der Waals surface area contributed by atoms with Gasteiger partial charge in [0, 0.05) is 7.11 Å². The number of nitrogens with two attached hydrogens (primary N) is 1. The Balaban J connectivity index is 2.68. The number of methoxy groups -OCH3 is 1. The van der Waals surface area contributed by atoms with E-state index in [2.05, 4.69) is 0 Å². The van der Waals surface area contributed by atoms with Crippen molar-refractivity contribution in [3.05, 3.63) is 29.8 Å². The Labute approximate surface area is 89.5 Å². The Bertz CT molecular complexity index is 339. The van der Waals surface area contributed by atoms with E-state index in [4.69, 9.17) is 20.6 Å². The van der Waals surface area contributed by atoms with Crippen LogP contribution in [0.25, 0.3) is 0 Å². The lowest BCUT2D eigenvalue weighted by Gasteiger charge is -2.13. The molecule has 1 atom stereocenters. The van der Waals surface area contributed by atoms with Gasteiger partial charge in [-0.2, -0.15) is 0 Å². The van der Waals surface area contributed by atoms with Crippen LogP contribution in [0.15, 0.2) is 24.3 Å². The normalized spacial score (nSPS) is 12.1. The van der Waals surface area contributed by atoms with E-state index in [1.807, 2.05) is 24.3 Å². The molecule has 15 heavy (non-hydrogen) atoms. The van der Waals surface area contributed by atoms with Gasteiger partial charge in [-0.15, -0.1) is 0 Å². The van der Waals surface area contributed by atoms with E-state index < -0.39 is 6.10 Å². The van der Waals surface area contributed by atoms with Gasteiger partial charge in [0.25, 0.3) is 0 Å². The molecule has 4 heteroatoms. The number of rotatable bonds is 5. The first-order chi connectivity index (χ1) is 7.13. The van der Waals surface area contributed by atoms with Gasteiger partial charge in [-0.05, 0) is 24.6 Å². The first-order valence-electron chi connectivity index (χ1n) is 4.72. The highest BCUT2D eigenvalue weighted by molar-refractivity contribution is 5.81. The maximum Gasteiger partial charge on any atom is 0.152 e. The van der Waals surface area contributed by atoms with Crippen LogP contribution in [0.1, 0.15) is 12.5 Å². The molecule has 0 saturated heterocycles. The predicted molar refractivity (Wildman–Crippen MR) is 59.2 cm³/mol. The number of hydrogen-bond donors (Lipinski definition) is 2. The fourth-order valence-electron chi connectivity index (χ4n) is 1.14. The average Bonchev–Trinajstić information content (AvgIpc) is 2.18. The molecule has 0 aliphatic carbocycles. The minimum atomic E-state index is -0.400. The molecule has 0 spiro atoms. The monoisotopic (exact) mass is 208 g/mol. The van der Waals surface area contributed by atoms with Gasteiger partial charge >= 0.3 is 0 Å². The summed E-state index contributed by atoms with van der Waals surface area (Å²) in [6.07, 6.45) is -0.400. The smallest absolute Gasteiger partial charge is 0.152 e. The molecule has 0 aliphatic heterocycles. The summed E-state index contributed by atoms with van der Waals surface area (Å²) in [5.74, 6) is 0.722. The van der Waals surface area contributed by atoms with Crippen molar-refractivity contribution in [1.82, 2.24) is 0 Å². The average molecular weight is 208 g/mol. The van der Waals surface area contributed by atoms with Crippen molar-refractivity contribution < 1.29 is 9.47 Å². The topological polar surface area (TPSA) is 68.3 Å². The van der Waals surface area contributed by atoms with E-state index in [1.165, 1.54) is 0 Å². The van der Waals surface area contributed by atoms with E-state index in [0.29, 0.717) is 12.4 Å². The van der Waals surface area contributed by atoms with Gasteiger partial charge in [0.2, 0.25) is 0 Å². The lowest BCUT2D eigenvalue weighted by molar-refractivity contribution is 0.184. The molecule has 0 bridgehead atoms. The lowest BCUT2D eigenvalue weighted by atomic mass is 10.2. The second-order valence-corrected chi connectivity index (χ2v) is 3.30. The highest BCUT2D eigenvalue weighted by Gasteiger charge is 2.06. The maximum atomic E-state index is 7.21. The van der Waals surface area contributed by atoms with Gasteiger partial charge in [-0.25, -0.2) is 0 Å². The van der Waals surface area contributed by atoms with Crippen molar-refractivity contribution in [3.8, 4) is 5.75 Å². The first kappa shape index (κ1) is 11.5. The van der Waals surface area contributed by atoms with Crippen molar-refractivity contribution in [3.63, 3.8) is 0 Å². The van der Waals surface area contributed by atoms with Crippen LogP contribution in [0, 0.1) is 5.41 Å². The second-order valence-electron chi connectivity index (χ2n) is 3.30. The Morgan fingerprint density at radius 3 is 2.87 bits per heavy atom. The van der Waals surface area contributed by atoms with Gasteiger partial charge in [0.05, 0.1) is 6.61 Å². The summed E-state index contributed by atoms with van der Waals surface area (Å²) in [7, 11) is 1.64. The van der Waals surface area contributed by atoms with Gasteiger partial charge in [-0.1, -0.05) is 12.1 Å². The third kappa shape index (κ3) is 3.59. The standard InChI is InChI=1S/C11H16N2O2/c1-8(11(12)13)15-10-5-3-4-9(6-10)7-14-2/h3-6,8H,7H2,1-2H3,(H3,12,13). The molecule has 0 saturated carbocycles.